The van der Waals surface area contributed by atoms with E-state index >= 15 is 0 Å². The Bertz CT molecular complexity index is 224. The third-order valence-corrected chi connectivity index (χ3v) is 1.56. The largest absolute Gasteiger partial charge is 0.273 e. The summed E-state index contributed by atoms with van der Waals surface area (Å²) in [6.07, 6.45) is 3.52. The Hall–Kier alpha value is -0.400. The molecule has 0 saturated heterocycles. The predicted octanol–water partition coefficient (Wildman–Crippen LogP) is -3.16. The molecule has 0 radical (unpaired) electrons. The average molecular weight is 242 g/mol. The van der Waals surface area contributed by atoms with Crippen molar-refractivity contribution in [3.05, 3.63) is 0 Å². The highest BCUT2D eigenvalue weighted by Gasteiger charge is 2.32. The summed E-state index contributed by atoms with van der Waals surface area (Å²) < 4.78 is 35.9. The van der Waals surface area contributed by atoms with Crippen molar-refractivity contribution >= 4 is 6.21 Å². The summed E-state index contributed by atoms with van der Waals surface area (Å²) in [7, 11) is -4.94. The molecule has 6 nitrogen and oxygen atoms in total. The summed E-state index contributed by atoms with van der Waals surface area (Å²) in [5.41, 5.74) is 0.116. The first-order chi connectivity index (χ1) is 6.50. The first kappa shape index (κ1) is 14.6. The van der Waals surface area contributed by atoms with Crippen LogP contribution in [0.1, 0.15) is 34.1 Å². The van der Waals surface area contributed by atoms with Gasteiger partial charge in [-0.3, -0.25) is 4.84 Å². The van der Waals surface area contributed by atoms with E-state index < -0.39 is 10.2 Å². The van der Waals surface area contributed by atoms with Crippen LogP contribution in [0, 0.1) is 10.2 Å². The lowest BCUT2D eigenvalue weighted by Crippen LogP contribution is -2.68. The number of rotatable bonds is 0. The lowest BCUT2D eigenvalue weighted by Gasteiger charge is -2.17. The number of hydrogen-bond acceptors (Lipinski definition) is 5. The monoisotopic (exact) mass is 241 g/mol. The van der Waals surface area contributed by atoms with Gasteiger partial charge in [0.05, 0.1) is 6.42 Å². The van der Waals surface area contributed by atoms with Crippen LogP contribution >= 0.6 is 0 Å². The zero-order valence-electron chi connectivity index (χ0n) is 9.23. The Morgan fingerprint density at radius 1 is 1.27 bits per heavy atom. The summed E-state index contributed by atoms with van der Waals surface area (Å²) in [4.78, 5) is 5.50. The number of hydrogen-bond donors (Lipinski definition) is 0. The summed E-state index contributed by atoms with van der Waals surface area (Å²) in [5.74, 6) is 0. The van der Waals surface area contributed by atoms with Gasteiger partial charge in [0.15, 0.2) is 12.3 Å². The molecule has 1 aliphatic heterocycles. The van der Waals surface area contributed by atoms with Crippen molar-refractivity contribution in [3.63, 3.8) is 0 Å². The zero-order chi connectivity index (χ0) is 12.3. The minimum absolute atomic E-state index is 0.116. The molecule has 0 aromatic carbocycles. The van der Waals surface area contributed by atoms with Crippen molar-refractivity contribution in [2.24, 2.45) is 0 Å². The van der Waals surface area contributed by atoms with Crippen LogP contribution in [0.4, 0.5) is 0 Å². The minimum atomic E-state index is -4.94. The van der Waals surface area contributed by atoms with Gasteiger partial charge in [-0.15, -0.1) is 10.2 Å². The van der Waals surface area contributed by atoms with Crippen molar-refractivity contribution in [1.82, 2.24) is 0 Å². The molecule has 0 amide bonds. The summed E-state index contributed by atoms with van der Waals surface area (Å²) in [6, 6.07) is 0. The molecule has 1 rings (SSSR count). The van der Waals surface area contributed by atoms with E-state index in [4.69, 9.17) is 23.5 Å². The van der Waals surface area contributed by atoms with Crippen LogP contribution in [0.2, 0.25) is 0 Å². The second-order valence-corrected chi connectivity index (χ2v) is 4.96. The Balaban J connectivity index is 0.000000336. The van der Waals surface area contributed by atoms with Crippen molar-refractivity contribution in [1.29, 1.82) is 0 Å². The van der Waals surface area contributed by atoms with Crippen LogP contribution in [0.5, 0.6) is 0 Å². The molecule has 0 aliphatic carbocycles. The lowest BCUT2D eigenvalue weighted by molar-refractivity contribution is -2.00. The fourth-order valence-electron chi connectivity index (χ4n) is 0.956. The SMILES string of the molecule is CC1CC=[N+](C(C)(C)C)O1.[O-][Cl+3]([O-])([O-])[O-]. The molecule has 1 atom stereocenters. The maximum absolute atomic E-state index is 8.49. The highest BCUT2D eigenvalue weighted by molar-refractivity contribution is 5.52. The molecule has 15 heavy (non-hydrogen) atoms. The van der Waals surface area contributed by atoms with E-state index in [1.807, 2.05) is 4.74 Å². The van der Waals surface area contributed by atoms with E-state index in [2.05, 4.69) is 33.9 Å². The van der Waals surface area contributed by atoms with Gasteiger partial charge in [-0.1, -0.05) is 0 Å². The topological polar surface area (TPSA) is 104 Å². The zero-order valence-corrected chi connectivity index (χ0v) is 9.98. The Labute approximate surface area is 91.1 Å². The summed E-state index contributed by atoms with van der Waals surface area (Å²) in [5, 5.41) is 0. The van der Waals surface area contributed by atoms with Gasteiger partial charge in [-0.25, -0.2) is 18.6 Å². The Morgan fingerprint density at radius 3 is 1.80 bits per heavy atom. The van der Waals surface area contributed by atoms with Gasteiger partial charge in [0.2, 0.25) is 5.54 Å². The summed E-state index contributed by atoms with van der Waals surface area (Å²) >= 11 is 0. The van der Waals surface area contributed by atoms with E-state index in [9.17, 15) is 0 Å². The van der Waals surface area contributed by atoms with Gasteiger partial charge in [-0.2, -0.15) is 0 Å². The van der Waals surface area contributed by atoms with Crippen LogP contribution in [-0.4, -0.2) is 22.6 Å². The molecule has 90 valence electrons. The van der Waals surface area contributed by atoms with Gasteiger partial charge in [0.25, 0.3) is 0 Å². The molecular weight excluding hydrogens is 226 g/mol. The molecule has 1 aliphatic rings. The maximum Gasteiger partial charge on any atom is 0.203 e. The van der Waals surface area contributed by atoms with Crippen molar-refractivity contribution in [2.75, 3.05) is 0 Å². The van der Waals surface area contributed by atoms with E-state index in [-0.39, 0.29) is 5.54 Å². The van der Waals surface area contributed by atoms with E-state index in [1.54, 1.807) is 0 Å². The van der Waals surface area contributed by atoms with Gasteiger partial charge >= 0.3 is 0 Å². The molecule has 0 aromatic heterocycles. The smallest absolute Gasteiger partial charge is 0.203 e. The fraction of sp³-hybridized carbons (Fsp3) is 0.875. The highest BCUT2D eigenvalue weighted by atomic mass is 35.7. The molecule has 7 heteroatoms. The minimum Gasteiger partial charge on any atom is -0.273 e. The fourth-order valence-corrected chi connectivity index (χ4v) is 0.956. The quantitative estimate of drug-likeness (QED) is 0.416. The van der Waals surface area contributed by atoms with Crippen LogP contribution in [0.25, 0.3) is 0 Å². The third kappa shape index (κ3) is 8.59. The highest BCUT2D eigenvalue weighted by Crippen LogP contribution is 2.14. The molecule has 0 aromatic rings. The molecular formula is C8H16ClNO5. The van der Waals surface area contributed by atoms with E-state index in [0.717, 1.165) is 6.42 Å². The molecule has 0 saturated carbocycles. The number of nitrogens with zero attached hydrogens (tertiary/aromatic N) is 1. The first-order valence-electron chi connectivity index (χ1n) is 4.41. The van der Waals surface area contributed by atoms with Gasteiger partial charge in [-0.05, 0) is 11.7 Å². The number of hydroxylamine groups is 1. The van der Waals surface area contributed by atoms with Crippen LogP contribution in [0.15, 0.2) is 0 Å². The summed E-state index contributed by atoms with van der Waals surface area (Å²) in [6.45, 7) is 8.51. The van der Waals surface area contributed by atoms with Crippen molar-refractivity contribution in [2.45, 2.75) is 45.8 Å². The standard InChI is InChI=1S/C8H16NO.ClHO4/c1-7-5-6-9(10-7)8(2,3)4;2-1(3,4)5/h6-7H,5H2,1-4H3;(H,2,3,4,5)/q+1;/p-1. The lowest BCUT2D eigenvalue weighted by atomic mass is 10.1. The number of halogens is 1. The first-order valence-corrected chi connectivity index (χ1v) is 5.65. The van der Waals surface area contributed by atoms with Crippen LogP contribution in [0.3, 0.4) is 0 Å². The molecule has 1 heterocycles. The van der Waals surface area contributed by atoms with Gasteiger partial charge in [0.1, 0.15) is 0 Å². The van der Waals surface area contributed by atoms with E-state index in [0.29, 0.717) is 6.10 Å². The average Bonchev–Trinajstić information content (AvgIpc) is 2.29. The predicted molar refractivity (Wildman–Crippen MR) is 41.2 cm³/mol. The van der Waals surface area contributed by atoms with Gasteiger partial charge < -0.3 is 0 Å². The Morgan fingerprint density at radius 2 is 1.67 bits per heavy atom. The molecule has 0 N–H and O–H groups in total. The molecule has 1 unspecified atom stereocenters. The third-order valence-electron chi connectivity index (χ3n) is 1.56. The maximum atomic E-state index is 8.49. The van der Waals surface area contributed by atoms with Crippen LogP contribution < -0.4 is 18.6 Å². The molecule has 0 spiro atoms. The van der Waals surface area contributed by atoms with Crippen LogP contribution in [-0.2, 0) is 4.84 Å². The molecule has 0 fully saturated rings. The normalized spacial score (nSPS) is 21.3. The second-order valence-electron chi connectivity index (χ2n) is 4.21. The van der Waals surface area contributed by atoms with Gasteiger partial charge in [0, 0.05) is 20.8 Å². The second kappa shape index (κ2) is 5.09. The van der Waals surface area contributed by atoms with Crippen molar-refractivity contribution in [3.8, 4) is 0 Å². The molecule has 0 bridgehead atoms. The van der Waals surface area contributed by atoms with E-state index in [1.165, 1.54) is 0 Å². The Kier molecular flexibility index (Phi) is 4.95. The van der Waals surface area contributed by atoms with Crippen molar-refractivity contribution < 1.29 is 38.5 Å².